The van der Waals surface area contributed by atoms with Crippen LogP contribution in [0.4, 0.5) is 4.79 Å². The zero-order valence-electron chi connectivity index (χ0n) is 19.3. The van der Waals surface area contributed by atoms with Crippen LogP contribution in [0.15, 0.2) is 48.5 Å². The van der Waals surface area contributed by atoms with Gasteiger partial charge in [0.25, 0.3) is 0 Å². The standard InChI is InChI=1S/C27H30N2O5/c1-2-23(24(30)29-13-11-27(12-14-29)15-22(27)25(31)32)28-26(33)34-16-21-19-9-5-3-7-17(19)18-8-4-6-10-20(18)21/h3-10,21-23H,2,11-16H2,1H3,(H,28,33)(H,31,32). The van der Waals surface area contributed by atoms with Gasteiger partial charge in [-0.3, -0.25) is 9.59 Å². The Labute approximate surface area is 199 Å². The smallest absolute Gasteiger partial charge is 0.407 e. The van der Waals surface area contributed by atoms with Crippen molar-refractivity contribution in [1.82, 2.24) is 10.2 Å². The molecule has 2 aromatic rings. The summed E-state index contributed by atoms with van der Waals surface area (Å²) in [6.07, 6.45) is 1.99. The van der Waals surface area contributed by atoms with Gasteiger partial charge in [0.15, 0.2) is 0 Å². The van der Waals surface area contributed by atoms with Crippen molar-refractivity contribution in [2.45, 2.75) is 44.6 Å². The number of piperidine rings is 1. The van der Waals surface area contributed by atoms with Gasteiger partial charge in [-0.2, -0.15) is 0 Å². The van der Waals surface area contributed by atoms with Crippen LogP contribution in [0.5, 0.6) is 0 Å². The van der Waals surface area contributed by atoms with Crippen LogP contribution in [-0.2, 0) is 14.3 Å². The molecule has 0 aromatic heterocycles. The molecule has 1 spiro atoms. The van der Waals surface area contributed by atoms with Crippen LogP contribution in [-0.4, -0.2) is 53.7 Å². The molecule has 1 saturated carbocycles. The average molecular weight is 463 g/mol. The van der Waals surface area contributed by atoms with Crippen molar-refractivity contribution >= 4 is 18.0 Å². The molecule has 1 aliphatic heterocycles. The van der Waals surface area contributed by atoms with E-state index in [0.717, 1.165) is 22.3 Å². The Morgan fingerprint density at radius 3 is 2.18 bits per heavy atom. The van der Waals surface area contributed by atoms with Crippen molar-refractivity contribution in [1.29, 1.82) is 0 Å². The zero-order valence-corrected chi connectivity index (χ0v) is 19.3. The van der Waals surface area contributed by atoms with E-state index in [1.54, 1.807) is 4.90 Å². The fourth-order valence-electron chi connectivity index (χ4n) is 5.76. The summed E-state index contributed by atoms with van der Waals surface area (Å²) in [4.78, 5) is 38.7. The number of carboxylic acid groups (broad SMARTS) is 1. The first-order valence-corrected chi connectivity index (χ1v) is 12.1. The molecule has 178 valence electrons. The van der Waals surface area contributed by atoms with E-state index in [9.17, 15) is 19.5 Å². The molecule has 34 heavy (non-hydrogen) atoms. The number of nitrogens with one attached hydrogen (secondary N) is 1. The quantitative estimate of drug-likeness (QED) is 0.676. The minimum Gasteiger partial charge on any atom is -0.481 e. The lowest BCUT2D eigenvalue weighted by Gasteiger charge is -2.34. The van der Waals surface area contributed by atoms with Crippen molar-refractivity contribution in [2.75, 3.05) is 19.7 Å². The van der Waals surface area contributed by atoms with Gasteiger partial charge in [-0.15, -0.1) is 0 Å². The molecule has 3 aliphatic rings. The van der Waals surface area contributed by atoms with E-state index in [2.05, 4.69) is 29.6 Å². The highest BCUT2D eigenvalue weighted by Crippen LogP contribution is 2.59. The van der Waals surface area contributed by atoms with Gasteiger partial charge in [0.1, 0.15) is 12.6 Å². The van der Waals surface area contributed by atoms with E-state index >= 15 is 0 Å². The molecule has 5 rings (SSSR count). The number of aliphatic carboxylic acids is 1. The van der Waals surface area contributed by atoms with Gasteiger partial charge in [-0.1, -0.05) is 55.5 Å². The number of alkyl carbamates (subject to hydrolysis) is 1. The molecule has 2 fully saturated rings. The molecule has 0 bridgehead atoms. The Bertz CT molecular complexity index is 1080. The maximum Gasteiger partial charge on any atom is 0.407 e. The first-order chi connectivity index (χ1) is 16.4. The molecule has 1 heterocycles. The Balaban J connectivity index is 1.17. The number of rotatable bonds is 6. The minimum absolute atomic E-state index is 0.0343. The van der Waals surface area contributed by atoms with Gasteiger partial charge in [-0.05, 0) is 53.4 Å². The van der Waals surface area contributed by atoms with E-state index in [1.807, 2.05) is 31.2 Å². The maximum atomic E-state index is 13.0. The molecule has 2 aliphatic carbocycles. The third-order valence-electron chi connectivity index (χ3n) is 7.90. The van der Waals surface area contributed by atoms with E-state index in [4.69, 9.17) is 4.74 Å². The molecular formula is C27H30N2O5. The third kappa shape index (κ3) is 3.93. The Morgan fingerprint density at radius 2 is 1.65 bits per heavy atom. The number of benzene rings is 2. The highest BCUT2D eigenvalue weighted by molar-refractivity contribution is 5.86. The Hall–Kier alpha value is -3.35. The summed E-state index contributed by atoms with van der Waals surface area (Å²) in [6.45, 7) is 3.13. The predicted octanol–water partition coefficient (Wildman–Crippen LogP) is 4.02. The number of likely N-dealkylation sites (tertiary alicyclic amines) is 1. The van der Waals surface area contributed by atoms with Crippen molar-refractivity contribution in [2.24, 2.45) is 11.3 Å². The number of fused-ring (bicyclic) bond motifs is 3. The van der Waals surface area contributed by atoms with Gasteiger partial charge in [-0.25, -0.2) is 4.79 Å². The Kier molecular flexibility index (Phi) is 5.80. The Morgan fingerprint density at radius 1 is 1.06 bits per heavy atom. The van der Waals surface area contributed by atoms with E-state index in [-0.39, 0.29) is 29.8 Å². The third-order valence-corrected chi connectivity index (χ3v) is 7.90. The van der Waals surface area contributed by atoms with E-state index in [1.165, 1.54) is 0 Å². The zero-order chi connectivity index (χ0) is 23.9. The molecule has 2 atom stereocenters. The van der Waals surface area contributed by atoms with E-state index < -0.39 is 18.1 Å². The molecule has 2 aromatic carbocycles. The first kappa shape index (κ1) is 22.4. The van der Waals surface area contributed by atoms with Crippen molar-refractivity contribution in [3.8, 4) is 11.1 Å². The van der Waals surface area contributed by atoms with Crippen LogP contribution in [0.25, 0.3) is 11.1 Å². The molecule has 1 saturated heterocycles. The fraction of sp³-hybridized carbons (Fsp3) is 0.444. The van der Waals surface area contributed by atoms with Crippen LogP contribution < -0.4 is 5.32 Å². The van der Waals surface area contributed by atoms with Crippen LogP contribution in [0.3, 0.4) is 0 Å². The van der Waals surface area contributed by atoms with Gasteiger partial charge in [0.05, 0.1) is 5.92 Å². The van der Waals surface area contributed by atoms with Crippen LogP contribution in [0, 0.1) is 11.3 Å². The second kappa shape index (κ2) is 8.78. The summed E-state index contributed by atoms with van der Waals surface area (Å²) in [5.74, 6) is -1.17. The largest absolute Gasteiger partial charge is 0.481 e. The second-order valence-corrected chi connectivity index (χ2v) is 9.71. The highest BCUT2D eigenvalue weighted by Gasteiger charge is 2.59. The number of carbonyl (C=O) groups excluding carboxylic acids is 2. The number of carbonyl (C=O) groups is 3. The fourth-order valence-corrected chi connectivity index (χ4v) is 5.76. The summed E-state index contributed by atoms with van der Waals surface area (Å²) in [5, 5.41) is 12.0. The molecule has 2 N–H and O–H groups in total. The normalized spacial score (nSPS) is 20.9. The van der Waals surface area contributed by atoms with Crippen LogP contribution in [0.2, 0.25) is 0 Å². The van der Waals surface area contributed by atoms with Gasteiger partial charge >= 0.3 is 12.1 Å². The molecular weight excluding hydrogens is 432 g/mol. The summed E-state index contributed by atoms with van der Waals surface area (Å²) in [7, 11) is 0. The number of carboxylic acids is 1. The topological polar surface area (TPSA) is 95.9 Å². The van der Waals surface area contributed by atoms with E-state index in [0.29, 0.717) is 38.8 Å². The van der Waals surface area contributed by atoms with Crippen molar-refractivity contribution in [3.63, 3.8) is 0 Å². The lowest BCUT2D eigenvalue weighted by molar-refractivity contribution is -0.140. The predicted molar refractivity (Wildman–Crippen MR) is 126 cm³/mol. The van der Waals surface area contributed by atoms with Gasteiger partial charge in [0, 0.05) is 19.0 Å². The summed E-state index contributed by atoms with van der Waals surface area (Å²) < 4.78 is 5.61. The monoisotopic (exact) mass is 462 g/mol. The molecule has 2 unspecified atom stereocenters. The number of amides is 2. The molecule has 7 heteroatoms. The van der Waals surface area contributed by atoms with Crippen LogP contribution >= 0.6 is 0 Å². The van der Waals surface area contributed by atoms with Gasteiger partial charge < -0.3 is 20.1 Å². The lowest BCUT2D eigenvalue weighted by Crippen LogP contribution is -2.51. The molecule has 7 nitrogen and oxygen atoms in total. The van der Waals surface area contributed by atoms with Crippen molar-refractivity contribution < 1.29 is 24.2 Å². The second-order valence-electron chi connectivity index (χ2n) is 9.71. The molecule has 2 amide bonds. The van der Waals surface area contributed by atoms with Gasteiger partial charge in [0.2, 0.25) is 5.91 Å². The van der Waals surface area contributed by atoms with Crippen molar-refractivity contribution in [3.05, 3.63) is 59.7 Å². The maximum absolute atomic E-state index is 13.0. The summed E-state index contributed by atoms with van der Waals surface area (Å²) >= 11 is 0. The summed E-state index contributed by atoms with van der Waals surface area (Å²) in [5.41, 5.74) is 4.47. The molecule has 0 radical (unpaired) electrons. The van der Waals surface area contributed by atoms with Crippen LogP contribution in [0.1, 0.15) is 49.7 Å². The SMILES string of the molecule is CCC(NC(=O)OCC1c2ccccc2-c2ccccc21)C(=O)N1CCC2(CC1)CC2C(=O)O. The lowest BCUT2D eigenvalue weighted by atomic mass is 9.90. The summed E-state index contributed by atoms with van der Waals surface area (Å²) in [6, 6.07) is 15.7. The first-order valence-electron chi connectivity index (χ1n) is 12.1. The number of hydrogen-bond acceptors (Lipinski definition) is 4. The minimum atomic E-state index is -0.733. The number of nitrogens with zero attached hydrogens (tertiary/aromatic N) is 1. The number of ether oxygens (including phenoxy) is 1. The average Bonchev–Trinajstić information content (AvgIpc) is 3.47. The number of hydrogen-bond donors (Lipinski definition) is 2. The highest BCUT2D eigenvalue weighted by atomic mass is 16.5.